The van der Waals surface area contributed by atoms with Crippen molar-refractivity contribution in [2.75, 3.05) is 24.0 Å². The van der Waals surface area contributed by atoms with Gasteiger partial charge in [-0.2, -0.15) is 0 Å². The van der Waals surface area contributed by atoms with Gasteiger partial charge in [-0.1, -0.05) is 90.5 Å². The van der Waals surface area contributed by atoms with Gasteiger partial charge in [0, 0.05) is 22.4 Å². The summed E-state index contributed by atoms with van der Waals surface area (Å²) in [6.07, 6.45) is 6.37. The van der Waals surface area contributed by atoms with E-state index in [2.05, 4.69) is 0 Å². The molecular formula is C47H40N2O7. The normalized spacial score (nSPS) is 25.7. The molecule has 4 aliphatic rings. The van der Waals surface area contributed by atoms with E-state index in [9.17, 15) is 24.3 Å². The second kappa shape index (κ2) is 13.4. The Labute approximate surface area is 324 Å². The van der Waals surface area contributed by atoms with Crippen LogP contribution in [0.5, 0.6) is 17.2 Å². The summed E-state index contributed by atoms with van der Waals surface area (Å²) in [4.78, 5) is 60.7. The Kier molecular flexibility index (Phi) is 8.41. The van der Waals surface area contributed by atoms with Gasteiger partial charge in [-0.05, 0) is 79.1 Å². The Morgan fingerprint density at radius 3 is 2.21 bits per heavy atom. The number of rotatable bonds is 7. The van der Waals surface area contributed by atoms with Crippen molar-refractivity contribution in [3.8, 4) is 17.2 Å². The van der Waals surface area contributed by atoms with Crippen LogP contribution >= 0.6 is 0 Å². The molecule has 0 spiro atoms. The molecule has 6 atom stereocenters. The van der Waals surface area contributed by atoms with E-state index in [1.165, 1.54) is 9.80 Å². The highest BCUT2D eigenvalue weighted by atomic mass is 16.5. The Bertz CT molecular complexity index is 2510. The first-order valence-electron chi connectivity index (χ1n) is 18.9. The molecule has 5 aromatic rings. The van der Waals surface area contributed by atoms with Crippen molar-refractivity contribution in [3.05, 3.63) is 138 Å². The zero-order valence-electron chi connectivity index (χ0n) is 31.2. The number of nitrogens with zero attached hydrogens (tertiary/aromatic N) is 2. The first kappa shape index (κ1) is 35.2. The predicted octanol–water partition coefficient (Wildman–Crippen LogP) is 8.17. The van der Waals surface area contributed by atoms with Crippen LogP contribution in [-0.2, 0) is 19.2 Å². The minimum atomic E-state index is -1.26. The molecule has 0 radical (unpaired) electrons. The molecule has 1 N–H and O–H groups in total. The third-order valence-corrected chi connectivity index (χ3v) is 12.6. The average Bonchev–Trinajstić information content (AvgIpc) is 3.60. The summed E-state index contributed by atoms with van der Waals surface area (Å²) in [6.45, 7) is 1.83. The lowest BCUT2D eigenvalue weighted by molar-refractivity contribution is -0.131. The molecule has 9 heteroatoms. The number of ether oxygens (including phenoxy) is 2. The van der Waals surface area contributed by atoms with Crippen LogP contribution in [0.2, 0.25) is 0 Å². The SMILES string of the molecule is COc1ccc(OC)c(C=Cc2ccc(N3C(=O)C4CC=C5C(CC6C(=O)N(c7ccccc7)C(=O)C6(C)C5c5ccc6ccccc6c5O)C4C3=O)cc2)c1. The minimum absolute atomic E-state index is 0.0459. The number of carbonyl (C=O) groups is 4. The average molecular weight is 745 g/mol. The molecule has 4 amide bonds. The fourth-order valence-electron chi connectivity index (χ4n) is 9.83. The van der Waals surface area contributed by atoms with Gasteiger partial charge in [0.05, 0.1) is 48.8 Å². The van der Waals surface area contributed by atoms with E-state index in [-0.39, 0.29) is 35.8 Å². The maximum absolute atomic E-state index is 14.8. The van der Waals surface area contributed by atoms with Gasteiger partial charge in [0.15, 0.2) is 0 Å². The first-order chi connectivity index (χ1) is 27.1. The van der Waals surface area contributed by atoms with Crippen LogP contribution in [0.4, 0.5) is 11.4 Å². The van der Waals surface area contributed by atoms with Crippen LogP contribution in [0, 0.1) is 29.1 Å². The zero-order chi connectivity index (χ0) is 38.9. The Hall–Kier alpha value is -6.48. The number of hydrogen-bond donors (Lipinski definition) is 1. The number of fused-ring (bicyclic) bond motifs is 5. The zero-order valence-corrected chi connectivity index (χ0v) is 31.2. The number of phenols is 1. The van der Waals surface area contributed by atoms with Gasteiger partial charge in [0.2, 0.25) is 23.6 Å². The van der Waals surface area contributed by atoms with Crippen molar-refractivity contribution in [2.45, 2.75) is 25.7 Å². The number of methoxy groups -OCH3 is 2. The summed E-state index contributed by atoms with van der Waals surface area (Å²) in [5.41, 5.74) is 2.74. The lowest BCUT2D eigenvalue weighted by atomic mass is 9.51. The third-order valence-electron chi connectivity index (χ3n) is 12.6. The van der Waals surface area contributed by atoms with Crippen LogP contribution in [0.25, 0.3) is 22.9 Å². The van der Waals surface area contributed by atoms with E-state index in [1.807, 2.05) is 97.9 Å². The van der Waals surface area contributed by atoms with Crippen LogP contribution in [0.3, 0.4) is 0 Å². The van der Waals surface area contributed by atoms with Crippen molar-refractivity contribution in [2.24, 2.45) is 29.1 Å². The second-order valence-electron chi connectivity index (χ2n) is 15.3. The van der Waals surface area contributed by atoms with E-state index in [0.29, 0.717) is 40.2 Å². The van der Waals surface area contributed by atoms with Crippen LogP contribution in [-0.4, -0.2) is 43.0 Å². The molecule has 2 aliphatic heterocycles. The van der Waals surface area contributed by atoms with E-state index in [1.54, 1.807) is 50.6 Å². The summed E-state index contributed by atoms with van der Waals surface area (Å²) in [7, 11) is 3.22. The largest absolute Gasteiger partial charge is 0.507 e. The molecule has 2 saturated heterocycles. The molecular weight excluding hydrogens is 705 g/mol. The number of anilines is 2. The van der Waals surface area contributed by atoms with Gasteiger partial charge in [-0.25, -0.2) is 4.90 Å². The molecule has 56 heavy (non-hydrogen) atoms. The molecule has 3 fully saturated rings. The van der Waals surface area contributed by atoms with Crippen LogP contribution < -0.4 is 19.3 Å². The number of benzene rings is 5. The maximum atomic E-state index is 14.8. The minimum Gasteiger partial charge on any atom is -0.507 e. The lowest BCUT2D eigenvalue weighted by Gasteiger charge is -2.49. The highest BCUT2D eigenvalue weighted by Crippen LogP contribution is 2.64. The molecule has 5 aromatic carbocycles. The first-order valence-corrected chi connectivity index (χ1v) is 18.9. The fraction of sp³-hybridized carbons (Fsp3) is 0.234. The summed E-state index contributed by atoms with van der Waals surface area (Å²) in [5, 5.41) is 13.4. The lowest BCUT2D eigenvalue weighted by Crippen LogP contribution is -2.48. The molecule has 0 aromatic heterocycles. The molecule has 1 saturated carbocycles. The summed E-state index contributed by atoms with van der Waals surface area (Å²) in [5.74, 6) is -3.19. The van der Waals surface area contributed by atoms with Crippen molar-refractivity contribution in [1.29, 1.82) is 0 Å². The molecule has 2 heterocycles. The number of carbonyl (C=O) groups excluding carboxylic acids is 4. The summed E-state index contributed by atoms with van der Waals surface area (Å²) >= 11 is 0. The monoisotopic (exact) mass is 744 g/mol. The smallest absolute Gasteiger partial charge is 0.241 e. The molecule has 280 valence electrons. The van der Waals surface area contributed by atoms with E-state index >= 15 is 0 Å². The van der Waals surface area contributed by atoms with Crippen molar-refractivity contribution in [3.63, 3.8) is 0 Å². The number of para-hydroxylation sites is 1. The molecule has 2 aliphatic carbocycles. The molecule has 9 nitrogen and oxygen atoms in total. The van der Waals surface area contributed by atoms with Crippen LogP contribution in [0.1, 0.15) is 42.4 Å². The molecule has 0 bridgehead atoms. The Morgan fingerprint density at radius 1 is 0.732 bits per heavy atom. The van der Waals surface area contributed by atoms with Gasteiger partial charge < -0.3 is 14.6 Å². The fourth-order valence-corrected chi connectivity index (χ4v) is 9.83. The predicted molar refractivity (Wildman–Crippen MR) is 214 cm³/mol. The number of phenolic OH excluding ortho intramolecular Hbond substituents is 1. The number of hydrogen-bond acceptors (Lipinski definition) is 7. The molecule has 6 unspecified atom stereocenters. The van der Waals surface area contributed by atoms with Crippen LogP contribution in [0.15, 0.2) is 121 Å². The van der Waals surface area contributed by atoms with Crippen molar-refractivity contribution >= 4 is 57.9 Å². The quantitative estimate of drug-likeness (QED) is 0.102. The van der Waals surface area contributed by atoms with Crippen molar-refractivity contribution < 1.29 is 33.8 Å². The maximum Gasteiger partial charge on any atom is 0.241 e. The van der Waals surface area contributed by atoms with Gasteiger partial charge in [0.1, 0.15) is 17.2 Å². The van der Waals surface area contributed by atoms with Gasteiger partial charge in [0.25, 0.3) is 0 Å². The van der Waals surface area contributed by atoms with Gasteiger partial charge >= 0.3 is 0 Å². The number of aromatic hydroxyl groups is 1. The van der Waals surface area contributed by atoms with E-state index < -0.39 is 35.0 Å². The standard InChI is InChI=1S/C47H40N2O7/c1-47-38(44(52)49(46(47)54)30-10-5-4-6-11-30)26-37-34(41(47)36-21-17-28-9-7-8-12-33(28)42(36)50)22-23-35-40(37)45(53)48(43(35)51)31-18-14-27(15-19-31)13-16-29-25-32(55-2)20-24-39(29)56-3/h4-22,24-25,35,37-38,40-41,50H,23,26H2,1-3H3. The number of allylic oxidation sites excluding steroid dienone is 2. The molecule has 9 rings (SSSR count). The highest BCUT2D eigenvalue weighted by molar-refractivity contribution is 6.25. The summed E-state index contributed by atoms with van der Waals surface area (Å²) in [6, 6.07) is 33.0. The second-order valence-corrected chi connectivity index (χ2v) is 15.3. The van der Waals surface area contributed by atoms with Gasteiger partial charge in [-0.3, -0.25) is 24.1 Å². The summed E-state index contributed by atoms with van der Waals surface area (Å²) < 4.78 is 10.9. The highest BCUT2D eigenvalue weighted by Gasteiger charge is 2.68. The topological polar surface area (TPSA) is 113 Å². The van der Waals surface area contributed by atoms with Gasteiger partial charge in [-0.15, -0.1) is 0 Å². The Balaban J connectivity index is 1.08. The van der Waals surface area contributed by atoms with E-state index in [4.69, 9.17) is 9.47 Å². The Morgan fingerprint density at radius 2 is 1.46 bits per heavy atom. The third kappa shape index (κ3) is 5.21. The van der Waals surface area contributed by atoms with Crippen molar-refractivity contribution in [1.82, 2.24) is 0 Å². The number of amides is 4. The van der Waals surface area contributed by atoms with E-state index in [0.717, 1.165) is 22.1 Å². The number of imide groups is 2.